The molecule has 7 nitrogen and oxygen atoms in total. The van der Waals surface area contributed by atoms with Gasteiger partial charge in [0.1, 0.15) is 5.75 Å². The van der Waals surface area contributed by atoms with Gasteiger partial charge in [-0.05, 0) is 35.9 Å². The fraction of sp³-hybridized carbons (Fsp3) is 0.200. The number of hydroxylamine groups is 2. The van der Waals surface area contributed by atoms with Gasteiger partial charge in [0.25, 0.3) is 5.89 Å². The number of piperazine rings is 1. The first-order valence-electron chi connectivity index (χ1n) is 10.9. The Morgan fingerprint density at radius 3 is 2.85 bits per heavy atom. The molecule has 1 fully saturated rings. The van der Waals surface area contributed by atoms with E-state index < -0.39 is 0 Å². The molecule has 1 aliphatic rings. The number of benzene rings is 3. The number of aryl methyl sites for hydroxylation is 1. The maximum absolute atomic E-state index is 6.06. The third kappa shape index (κ3) is 4.20. The topological polar surface area (TPSA) is 67.5 Å². The predicted molar refractivity (Wildman–Crippen MR) is 129 cm³/mol. The van der Waals surface area contributed by atoms with Crippen LogP contribution in [0.2, 0.25) is 0 Å². The van der Waals surface area contributed by atoms with Gasteiger partial charge in [-0.1, -0.05) is 41.6 Å². The molecule has 3 heterocycles. The summed E-state index contributed by atoms with van der Waals surface area (Å²) in [5.41, 5.74) is 1.94. The summed E-state index contributed by atoms with van der Waals surface area (Å²) >= 11 is 1.70. The molecule has 3 aromatic carbocycles. The zero-order chi connectivity index (χ0) is 22.2. The number of thiazole rings is 1. The predicted octanol–water partition coefficient (Wildman–Crippen LogP) is 5.08. The van der Waals surface area contributed by atoms with Crippen molar-refractivity contribution in [2.75, 3.05) is 19.6 Å². The van der Waals surface area contributed by atoms with Crippen LogP contribution in [0.4, 0.5) is 0 Å². The molecule has 0 spiro atoms. The summed E-state index contributed by atoms with van der Waals surface area (Å²) in [6.07, 6.45) is 0. The minimum absolute atomic E-state index is 0.552. The van der Waals surface area contributed by atoms with Crippen LogP contribution in [0.25, 0.3) is 32.4 Å². The van der Waals surface area contributed by atoms with Crippen LogP contribution in [-0.4, -0.2) is 44.7 Å². The summed E-state index contributed by atoms with van der Waals surface area (Å²) in [6, 6.07) is 20.4. The van der Waals surface area contributed by atoms with Gasteiger partial charge in [-0.2, -0.15) is 4.98 Å². The Bertz CT molecular complexity index is 1420. The third-order valence-corrected chi connectivity index (χ3v) is 6.67. The molecule has 33 heavy (non-hydrogen) atoms. The van der Waals surface area contributed by atoms with Gasteiger partial charge >= 0.3 is 0 Å². The van der Waals surface area contributed by atoms with Crippen LogP contribution in [0.1, 0.15) is 10.8 Å². The van der Waals surface area contributed by atoms with E-state index in [-0.39, 0.29) is 0 Å². The van der Waals surface area contributed by atoms with Gasteiger partial charge in [0.05, 0.1) is 28.3 Å². The fourth-order valence-electron chi connectivity index (χ4n) is 4.11. The van der Waals surface area contributed by atoms with E-state index in [0.717, 1.165) is 45.7 Å². The molecule has 0 atom stereocenters. The Morgan fingerprint density at radius 2 is 1.94 bits per heavy atom. The number of rotatable bonds is 5. The molecule has 0 amide bonds. The van der Waals surface area contributed by atoms with Crippen molar-refractivity contribution >= 4 is 32.3 Å². The van der Waals surface area contributed by atoms with Gasteiger partial charge in [0.2, 0.25) is 0 Å². The number of aromatic nitrogens is 3. The summed E-state index contributed by atoms with van der Waals surface area (Å²) in [6.45, 7) is 7.01. The summed E-state index contributed by atoms with van der Waals surface area (Å²) in [4.78, 5) is 17.5. The molecule has 2 aromatic heterocycles. The molecular weight excluding hydrogens is 434 g/mol. The first-order chi connectivity index (χ1) is 16.2. The fourth-order valence-corrected chi connectivity index (χ4v) is 4.91. The number of fused-ring (bicyclic) bond motifs is 2. The van der Waals surface area contributed by atoms with Crippen molar-refractivity contribution in [3.63, 3.8) is 0 Å². The zero-order valence-electron chi connectivity index (χ0n) is 18.1. The molecular formula is C25H22N5O2S. The van der Waals surface area contributed by atoms with Crippen LogP contribution in [0.15, 0.2) is 65.2 Å². The summed E-state index contributed by atoms with van der Waals surface area (Å²) in [5, 5.41) is 9.50. The van der Waals surface area contributed by atoms with E-state index in [0.29, 0.717) is 24.8 Å². The SMILES string of the molecule is Cc1nc2cc(ON3C[CH]N(Cc4noc(-c5cccc6ccccc56)n4)CC3)ccc2s1. The molecule has 0 bridgehead atoms. The normalized spacial score (nSPS) is 15.4. The second kappa shape index (κ2) is 8.55. The average molecular weight is 457 g/mol. The van der Waals surface area contributed by atoms with E-state index >= 15 is 0 Å². The lowest BCUT2D eigenvalue weighted by Crippen LogP contribution is -2.44. The number of hydrogen-bond acceptors (Lipinski definition) is 8. The molecule has 0 aliphatic carbocycles. The van der Waals surface area contributed by atoms with Crippen LogP contribution in [-0.2, 0) is 6.54 Å². The highest BCUT2D eigenvalue weighted by Crippen LogP contribution is 2.28. The molecule has 5 aromatic rings. The maximum Gasteiger partial charge on any atom is 0.258 e. The molecule has 1 aliphatic heterocycles. The monoisotopic (exact) mass is 456 g/mol. The number of nitrogens with zero attached hydrogens (tertiary/aromatic N) is 5. The molecule has 0 N–H and O–H groups in total. The summed E-state index contributed by atoms with van der Waals surface area (Å²) < 4.78 is 6.78. The lowest BCUT2D eigenvalue weighted by Gasteiger charge is -2.32. The highest BCUT2D eigenvalue weighted by atomic mass is 32.1. The van der Waals surface area contributed by atoms with E-state index in [9.17, 15) is 0 Å². The summed E-state index contributed by atoms with van der Waals surface area (Å²) in [5.74, 6) is 2.04. The lowest BCUT2D eigenvalue weighted by atomic mass is 10.0. The Labute approximate surface area is 195 Å². The van der Waals surface area contributed by atoms with Gasteiger partial charge in [-0.3, -0.25) is 4.90 Å². The van der Waals surface area contributed by atoms with Crippen molar-refractivity contribution in [1.82, 2.24) is 25.1 Å². The molecule has 165 valence electrons. The van der Waals surface area contributed by atoms with Gasteiger partial charge in [0, 0.05) is 31.3 Å². The zero-order valence-corrected chi connectivity index (χ0v) is 19.0. The van der Waals surface area contributed by atoms with Gasteiger partial charge in [0.15, 0.2) is 5.82 Å². The second-order valence-corrected chi connectivity index (χ2v) is 9.27. The first kappa shape index (κ1) is 20.3. The largest absolute Gasteiger partial charge is 0.406 e. The van der Waals surface area contributed by atoms with Gasteiger partial charge in [-0.25, -0.2) is 4.98 Å². The van der Waals surface area contributed by atoms with Gasteiger partial charge < -0.3 is 9.36 Å². The Hall–Kier alpha value is -3.33. The van der Waals surface area contributed by atoms with Crippen molar-refractivity contribution in [3.05, 3.63) is 78.0 Å². The van der Waals surface area contributed by atoms with Crippen molar-refractivity contribution < 1.29 is 9.36 Å². The summed E-state index contributed by atoms with van der Waals surface area (Å²) in [7, 11) is 0. The molecule has 0 saturated carbocycles. The van der Waals surface area contributed by atoms with E-state index in [2.05, 4.69) is 50.8 Å². The van der Waals surface area contributed by atoms with Crippen molar-refractivity contribution in [2.45, 2.75) is 13.5 Å². The Kier molecular flexibility index (Phi) is 5.26. The highest BCUT2D eigenvalue weighted by Gasteiger charge is 2.21. The van der Waals surface area contributed by atoms with Crippen LogP contribution >= 0.6 is 11.3 Å². The van der Waals surface area contributed by atoms with Crippen LogP contribution in [0.5, 0.6) is 5.75 Å². The van der Waals surface area contributed by atoms with Crippen molar-refractivity contribution in [2.24, 2.45) is 0 Å². The minimum atomic E-state index is 0.552. The highest BCUT2D eigenvalue weighted by molar-refractivity contribution is 7.18. The quantitative estimate of drug-likeness (QED) is 0.365. The standard InChI is InChI=1S/C25H22N5O2S/c1-17-26-22-15-19(9-10-23(22)33-17)32-30-13-11-29(12-14-30)16-24-27-25(31-28-24)21-8-4-6-18-5-2-3-7-20(18)21/h2-11,15H,12-14,16H2,1H3. The smallest absolute Gasteiger partial charge is 0.258 e. The van der Waals surface area contributed by atoms with Crippen LogP contribution in [0, 0.1) is 13.5 Å². The average Bonchev–Trinajstić information content (AvgIpc) is 3.45. The maximum atomic E-state index is 6.06. The van der Waals surface area contributed by atoms with Crippen molar-refractivity contribution in [1.29, 1.82) is 0 Å². The Balaban J connectivity index is 1.08. The van der Waals surface area contributed by atoms with Crippen LogP contribution < -0.4 is 4.84 Å². The van der Waals surface area contributed by atoms with E-state index in [1.807, 2.05) is 48.4 Å². The second-order valence-electron chi connectivity index (χ2n) is 8.04. The third-order valence-electron chi connectivity index (χ3n) is 5.71. The lowest BCUT2D eigenvalue weighted by molar-refractivity contribution is -0.0773. The molecule has 8 heteroatoms. The van der Waals surface area contributed by atoms with E-state index in [1.54, 1.807) is 11.3 Å². The number of hydrogen-bond donors (Lipinski definition) is 0. The van der Waals surface area contributed by atoms with E-state index in [4.69, 9.17) is 9.36 Å². The van der Waals surface area contributed by atoms with Gasteiger partial charge in [-0.15, -0.1) is 16.4 Å². The van der Waals surface area contributed by atoms with Crippen molar-refractivity contribution in [3.8, 4) is 17.2 Å². The molecule has 0 unspecified atom stereocenters. The molecule has 6 rings (SSSR count). The van der Waals surface area contributed by atoms with E-state index in [1.165, 1.54) is 4.70 Å². The Morgan fingerprint density at radius 1 is 1.03 bits per heavy atom. The minimum Gasteiger partial charge on any atom is -0.406 e. The molecule has 1 saturated heterocycles. The molecule has 1 radical (unpaired) electrons. The van der Waals surface area contributed by atoms with Crippen LogP contribution in [0.3, 0.4) is 0 Å². The first-order valence-corrected chi connectivity index (χ1v) is 11.7.